The minimum atomic E-state index is 0.494. The first-order chi connectivity index (χ1) is 8.06. The molecule has 0 heterocycles. The fourth-order valence-corrected chi connectivity index (χ4v) is 3.02. The Morgan fingerprint density at radius 3 is 2.47 bits per heavy atom. The Morgan fingerprint density at radius 1 is 1.06 bits per heavy atom. The summed E-state index contributed by atoms with van der Waals surface area (Å²) >= 11 is 18.1. The maximum atomic E-state index is 6.15. The van der Waals surface area contributed by atoms with Gasteiger partial charge < -0.3 is 5.32 Å². The van der Waals surface area contributed by atoms with E-state index in [-0.39, 0.29) is 0 Å². The van der Waals surface area contributed by atoms with E-state index in [2.05, 4.69) is 12.2 Å². The molecule has 0 saturated heterocycles. The normalized spacial score (nSPS) is 24.7. The first-order valence-electron chi connectivity index (χ1n) is 5.97. The minimum Gasteiger partial charge on any atom is -0.381 e. The second-order valence-corrected chi connectivity index (χ2v) is 6.08. The van der Waals surface area contributed by atoms with Crippen molar-refractivity contribution in [1.82, 2.24) is 0 Å². The van der Waals surface area contributed by atoms with Crippen LogP contribution < -0.4 is 5.32 Å². The molecule has 2 rings (SSSR count). The number of rotatable bonds is 2. The molecule has 17 heavy (non-hydrogen) atoms. The van der Waals surface area contributed by atoms with Crippen molar-refractivity contribution in [3.63, 3.8) is 0 Å². The quantitative estimate of drug-likeness (QED) is 0.696. The van der Waals surface area contributed by atoms with Crippen LogP contribution in [0.4, 0.5) is 5.69 Å². The van der Waals surface area contributed by atoms with Crippen LogP contribution in [0.1, 0.15) is 32.6 Å². The zero-order chi connectivity index (χ0) is 12.4. The van der Waals surface area contributed by atoms with Crippen LogP contribution >= 0.6 is 34.8 Å². The van der Waals surface area contributed by atoms with E-state index in [1.54, 1.807) is 6.07 Å². The summed E-state index contributed by atoms with van der Waals surface area (Å²) in [5.74, 6) is 0.780. The largest absolute Gasteiger partial charge is 0.381 e. The lowest BCUT2D eigenvalue weighted by Gasteiger charge is -2.28. The molecule has 0 radical (unpaired) electrons. The molecule has 1 fully saturated rings. The summed E-state index contributed by atoms with van der Waals surface area (Å²) < 4.78 is 0. The van der Waals surface area contributed by atoms with E-state index < -0.39 is 0 Å². The molecule has 0 aliphatic heterocycles. The van der Waals surface area contributed by atoms with E-state index in [9.17, 15) is 0 Å². The van der Waals surface area contributed by atoms with Gasteiger partial charge in [-0.05, 0) is 30.9 Å². The molecule has 94 valence electrons. The van der Waals surface area contributed by atoms with E-state index in [4.69, 9.17) is 34.8 Å². The van der Waals surface area contributed by atoms with Crippen molar-refractivity contribution >= 4 is 40.5 Å². The van der Waals surface area contributed by atoms with Crippen molar-refractivity contribution in [2.24, 2.45) is 5.92 Å². The van der Waals surface area contributed by atoms with Gasteiger partial charge in [-0.25, -0.2) is 0 Å². The Kier molecular flexibility index (Phi) is 4.46. The molecule has 2 atom stereocenters. The minimum absolute atomic E-state index is 0.494. The van der Waals surface area contributed by atoms with Crippen molar-refractivity contribution in [2.75, 3.05) is 5.32 Å². The fourth-order valence-electron chi connectivity index (χ4n) is 2.42. The van der Waals surface area contributed by atoms with Gasteiger partial charge in [0.2, 0.25) is 0 Å². The van der Waals surface area contributed by atoms with Crippen LogP contribution in [0, 0.1) is 5.92 Å². The van der Waals surface area contributed by atoms with Crippen LogP contribution in [-0.2, 0) is 0 Å². The third kappa shape index (κ3) is 3.43. The third-order valence-corrected chi connectivity index (χ3v) is 4.34. The molecule has 2 unspecified atom stereocenters. The molecule has 1 nitrogen and oxygen atoms in total. The maximum Gasteiger partial charge on any atom is 0.0653 e. The SMILES string of the molecule is CC1CCCC(Nc2cc(Cl)c(Cl)cc2Cl)C1. The Bertz CT molecular complexity index is 406. The standard InChI is InChI=1S/C13H16Cl3N/c1-8-3-2-4-9(5-8)17-13-7-11(15)10(14)6-12(13)16/h6-9,17H,2-5H2,1H3. The summed E-state index contributed by atoms with van der Waals surface area (Å²) in [6.07, 6.45) is 4.99. The van der Waals surface area contributed by atoms with E-state index in [1.807, 2.05) is 6.07 Å². The number of hydrogen-bond donors (Lipinski definition) is 1. The lowest BCUT2D eigenvalue weighted by molar-refractivity contribution is 0.358. The highest BCUT2D eigenvalue weighted by molar-refractivity contribution is 6.44. The highest BCUT2D eigenvalue weighted by Gasteiger charge is 2.19. The van der Waals surface area contributed by atoms with Crippen LogP contribution in [0.3, 0.4) is 0 Å². The summed E-state index contributed by atoms with van der Waals surface area (Å²) in [6.45, 7) is 2.30. The average Bonchev–Trinajstić information content (AvgIpc) is 2.26. The van der Waals surface area contributed by atoms with Gasteiger partial charge in [-0.1, -0.05) is 54.6 Å². The lowest BCUT2D eigenvalue weighted by atomic mass is 9.87. The molecular weight excluding hydrogens is 277 g/mol. The molecule has 1 saturated carbocycles. The van der Waals surface area contributed by atoms with Gasteiger partial charge >= 0.3 is 0 Å². The van der Waals surface area contributed by atoms with Crippen LogP contribution in [-0.4, -0.2) is 6.04 Å². The van der Waals surface area contributed by atoms with Gasteiger partial charge in [0.1, 0.15) is 0 Å². The van der Waals surface area contributed by atoms with Crippen molar-refractivity contribution in [3.05, 3.63) is 27.2 Å². The van der Waals surface area contributed by atoms with Gasteiger partial charge in [0.05, 0.1) is 20.8 Å². The first kappa shape index (κ1) is 13.3. The predicted octanol–water partition coefficient (Wildman–Crippen LogP) is 5.64. The third-order valence-electron chi connectivity index (χ3n) is 3.31. The van der Waals surface area contributed by atoms with Gasteiger partial charge in [-0.2, -0.15) is 0 Å². The fraction of sp³-hybridized carbons (Fsp3) is 0.538. The number of benzene rings is 1. The number of nitrogens with one attached hydrogen (secondary N) is 1. The van der Waals surface area contributed by atoms with Gasteiger partial charge in [0.15, 0.2) is 0 Å². The van der Waals surface area contributed by atoms with Crippen LogP contribution in [0.2, 0.25) is 15.1 Å². The molecule has 1 aliphatic carbocycles. The van der Waals surface area contributed by atoms with Crippen molar-refractivity contribution in [3.8, 4) is 0 Å². The summed E-state index contributed by atoms with van der Waals surface area (Å²) in [5.41, 5.74) is 0.889. The highest BCUT2D eigenvalue weighted by Crippen LogP contribution is 2.34. The van der Waals surface area contributed by atoms with Gasteiger partial charge in [0.25, 0.3) is 0 Å². The summed E-state index contributed by atoms with van der Waals surface area (Å²) in [7, 11) is 0. The topological polar surface area (TPSA) is 12.0 Å². The van der Waals surface area contributed by atoms with Crippen LogP contribution in [0.25, 0.3) is 0 Å². The molecule has 1 aromatic carbocycles. The summed E-state index contributed by atoms with van der Waals surface area (Å²) in [5, 5.41) is 5.15. The first-order valence-corrected chi connectivity index (χ1v) is 7.10. The molecule has 0 aromatic heterocycles. The van der Waals surface area contributed by atoms with E-state index in [0.717, 1.165) is 11.6 Å². The molecule has 0 spiro atoms. The second kappa shape index (κ2) is 5.69. The molecule has 0 amide bonds. The number of halogens is 3. The monoisotopic (exact) mass is 291 g/mol. The Hall–Kier alpha value is -0.110. The van der Waals surface area contributed by atoms with E-state index >= 15 is 0 Å². The van der Waals surface area contributed by atoms with Gasteiger partial charge in [0, 0.05) is 6.04 Å². The second-order valence-electron chi connectivity index (χ2n) is 4.86. The zero-order valence-corrected chi connectivity index (χ0v) is 12.0. The molecule has 1 aromatic rings. The molecule has 1 aliphatic rings. The highest BCUT2D eigenvalue weighted by atomic mass is 35.5. The summed E-state index contributed by atoms with van der Waals surface area (Å²) in [6, 6.07) is 4.00. The number of hydrogen-bond acceptors (Lipinski definition) is 1. The van der Waals surface area contributed by atoms with Gasteiger partial charge in [-0.3, -0.25) is 0 Å². The van der Waals surface area contributed by atoms with Crippen LogP contribution in [0.15, 0.2) is 12.1 Å². The molecule has 4 heteroatoms. The van der Waals surface area contributed by atoms with Gasteiger partial charge in [-0.15, -0.1) is 0 Å². The zero-order valence-electron chi connectivity index (χ0n) is 9.77. The van der Waals surface area contributed by atoms with Crippen molar-refractivity contribution < 1.29 is 0 Å². The Balaban J connectivity index is 2.10. The van der Waals surface area contributed by atoms with Crippen molar-refractivity contribution in [1.29, 1.82) is 0 Å². The Morgan fingerprint density at radius 2 is 1.76 bits per heavy atom. The van der Waals surface area contributed by atoms with E-state index in [1.165, 1.54) is 25.7 Å². The smallest absolute Gasteiger partial charge is 0.0653 e. The van der Waals surface area contributed by atoms with Crippen molar-refractivity contribution in [2.45, 2.75) is 38.6 Å². The lowest BCUT2D eigenvalue weighted by Crippen LogP contribution is -2.26. The Labute approximate surface area is 117 Å². The van der Waals surface area contributed by atoms with Crippen LogP contribution in [0.5, 0.6) is 0 Å². The average molecular weight is 293 g/mol. The molecular formula is C13H16Cl3N. The molecule has 1 N–H and O–H groups in total. The maximum absolute atomic E-state index is 6.15. The molecule has 0 bridgehead atoms. The van der Waals surface area contributed by atoms with E-state index in [0.29, 0.717) is 21.1 Å². The predicted molar refractivity (Wildman–Crippen MR) is 76.5 cm³/mol. The summed E-state index contributed by atoms with van der Waals surface area (Å²) in [4.78, 5) is 0. The number of anilines is 1.